The van der Waals surface area contributed by atoms with Gasteiger partial charge in [-0.25, -0.2) is 4.98 Å². The minimum atomic E-state index is -2.98. The molecule has 0 spiro atoms. The molecule has 108 valence electrons. The van der Waals surface area contributed by atoms with Gasteiger partial charge in [0.2, 0.25) is 0 Å². The van der Waals surface area contributed by atoms with Crippen molar-refractivity contribution in [2.24, 2.45) is 0 Å². The minimum Gasteiger partial charge on any atom is -0.398 e. The van der Waals surface area contributed by atoms with Crippen LogP contribution in [0.5, 0.6) is 0 Å². The Balaban J connectivity index is 2.49. The Kier molecular flexibility index (Phi) is 1.84. The molecule has 1 heterocycles. The summed E-state index contributed by atoms with van der Waals surface area (Å²) in [6.07, 6.45) is -1.12. The summed E-state index contributed by atoms with van der Waals surface area (Å²) in [5, 5.41) is -0.333. The number of Topliss-reactive ketones (excluding diaryl/α,β-unsaturated/α-hetero) is 2. The van der Waals surface area contributed by atoms with Crippen LogP contribution in [0.1, 0.15) is 39.3 Å². The highest BCUT2D eigenvalue weighted by Crippen LogP contribution is 2.24. The second kappa shape index (κ2) is 4.80. The van der Waals surface area contributed by atoms with Crippen LogP contribution in [0.3, 0.4) is 0 Å². The summed E-state index contributed by atoms with van der Waals surface area (Å²) in [6.45, 7) is -2.98. The summed E-state index contributed by atoms with van der Waals surface area (Å²) < 4.78 is 47.6. The summed E-state index contributed by atoms with van der Waals surface area (Å²) in [4.78, 5) is 40.9. The van der Waals surface area contributed by atoms with Crippen LogP contribution in [-0.2, 0) is 9.59 Å². The number of benzene rings is 1. The van der Waals surface area contributed by atoms with Crippen LogP contribution >= 0.6 is 0 Å². The van der Waals surface area contributed by atoms with E-state index in [-0.39, 0.29) is 35.5 Å². The number of rotatable bonds is 1. The number of aromatic nitrogens is 2. The summed E-state index contributed by atoms with van der Waals surface area (Å²) in [5.41, 5.74) is 4.14. The molecule has 1 aromatic carbocycles. The number of carbonyl (C=O) groups excluding carboxylic acids is 2. The van der Waals surface area contributed by atoms with E-state index < -0.39 is 48.3 Å². The topological polar surface area (TPSA) is 95.0 Å². The smallest absolute Gasteiger partial charge is 0.264 e. The van der Waals surface area contributed by atoms with E-state index in [1.165, 1.54) is 0 Å². The first-order valence-corrected chi connectivity index (χ1v) is 6.26. The van der Waals surface area contributed by atoms with Crippen molar-refractivity contribution in [3.63, 3.8) is 0 Å². The normalized spacial score (nSPS) is 27.4. The van der Waals surface area contributed by atoms with E-state index >= 15 is 0 Å². The van der Waals surface area contributed by atoms with Gasteiger partial charge in [-0.3, -0.25) is 19.0 Å². The maximum Gasteiger partial charge on any atom is 0.264 e. The number of carbonyl (C=O) groups is 2. The summed E-state index contributed by atoms with van der Waals surface area (Å²) in [7, 11) is 0. The van der Waals surface area contributed by atoms with Crippen molar-refractivity contribution in [2.45, 2.75) is 32.1 Å². The number of nitrogen functional groups attached to an aromatic ring is 1. The molecule has 3 rings (SSSR count). The zero-order valence-corrected chi connectivity index (χ0v) is 10.9. The average molecular weight is 291 g/mol. The Morgan fingerprint density at radius 1 is 1.52 bits per heavy atom. The number of aryl methyl sites for hydroxylation is 1. The molecule has 0 aliphatic heterocycles. The van der Waals surface area contributed by atoms with Gasteiger partial charge in [-0.1, -0.05) is 6.04 Å². The standard InChI is InChI=1S/C15H15N3O3/c1-8-17-11-4-2-3-10(16)14(11)15(21)18(8)12-6-5-9(19)7-13(12)20/h2-4,12H,5-7,16H2,1H3/i1D3,2D,4D,12D. The molecule has 6 heteroatoms. The van der Waals surface area contributed by atoms with Crippen LogP contribution in [0.15, 0.2) is 22.9 Å². The monoisotopic (exact) mass is 291 g/mol. The first-order valence-electron chi connectivity index (χ1n) is 9.26. The van der Waals surface area contributed by atoms with E-state index in [9.17, 15) is 14.4 Å². The van der Waals surface area contributed by atoms with Crippen LogP contribution in [0.25, 0.3) is 10.9 Å². The highest BCUT2D eigenvalue weighted by molar-refractivity contribution is 6.03. The van der Waals surface area contributed by atoms with E-state index in [4.69, 9.17) is 14.0 Å². The number of ketones is 2. The molecular weight excluding hydrogens is 270 g/mol. The van der Waals surface area contributed by atoms with Crippen LogP contribution < -0.4 is 11.3 Å². The lowest BCUT2D eigenvalue weighted by Gasteiger charge is -2.24. The number of nitrogens with two attached hydrogens (primary N) is 1. The lowest BCUT2D eigenvalue weighted by molar-refractivity contribution is -0.132. The quantitative estimate of drug-likeness (QED) is 0.628. The molecule has 1 unspecified atom stereocenters. The molecule has 1 atom stereocenters. The van der Waals surface area contributed by atoms with E-state index in [0.29, 0.717) is 4.57 Å². The molecule has 1 saturated carbocycles. The summed E-state index contributed by atoms with van der Waals surface area (Å²) in [5.74, 6) is -2.16. The van der Waals surface area contributed by atoms with Gasteiger partial charge in [0, 0.05) is 16.2 Å². The Labute approximate surface area is 129 Å². The molecule has 0 radical (unpaired) electrons. The maximum atomic E-state index is 13.1. The van der Waals surface area contributed by atoms with Crippen molar-refractivity contribution in [2.75, 3.05) is 5.73 Å². The second-order valence-corrected chi connectivity index (χ2v) is 4.75. The van der Waals surface area contributed by atoms with Crippen molar-refractivity contribution < 1.29 is 17.8 Å². The fraction of sp³-hybridized carbons (Fsp3) is 0.333. The average Bonchev–Trinajstić information content (AvgIpc) is 2.54. The molecule has 2 aromatic rings. The third kappa shape index (κ3) is 2.12. The number of fused-ring (bicyclic) bond motifs is 1. The van der Waals surface area contributed by atoms with Gasteiger partial charge >= 0.3 is 0 Å². The van der Waals surface area contributed by atoms with Gasteiger partial charge in [0.1, 0.15) is 11.6 Å². The molecule has 1 aromatic heterocycles. The molecule has 1 fully saturated rings. The molecule has 0 bridgehead atoms. The van der Waals surface area contributed by atoms with Gasteiger partial charge in [0.25, 0.3) is 5.56 Å². The molecule has 1 aliphatic carbocycles. The third-order valence-electron chi connectivity index (χ3n) is 3.38. The molecule has 0 saturated heterocycles. The molecule has 2 N–H and O–H groups in total. The first kappa shape index (κ1) is 8.07. The van der Waals surface area contributed by atoms with E-state index in [2.05, 4.69) is 4.98 Å². The Hall–Kier alpha value is -2.50. The van der Waals surface area contributed by atoms with Crippen molar-refractivity contribution in [1.82, 2.24) is 9.55 Å². The van der Waals surface area contributed by atoms with Crippen LogP contribution in [0.4, 0.5) is 5.69 Å². The highest BCUT2D eigenvalue weighted by Gasteiger charge is 2.30. The van der Waals surface area contributed by atoms with Gasteiger partial charge in [-0.2, -0.15) is 0 Å². The Morgan fingerprint density at radius 3 is 3.05 bits per heavy atom. The summed E-state index contributed by atoms with van der Waals surface area (Å²) in [6, 6.07) is -2.10. The Bertz CT molecular complexity index is 1060. The summed E-state index contributed by atoms with van der Waals surface area (Å²) >= 11 is 0. The predicted molar refractivity (Wildman–Crippen MR) is 78.1 cm³/mol. The highest BCUT2D eigenvalue weighted by atomic mass is 16.2. The van der Waals surface area contributed by atoms with Gasteiger partial charge in [0.05, 0.1) is 27.5 Å². The minimum absolute atomic E-state index is 0.162. The zero-order valence-electron chi connectivity index (χ0n) is 16.9. The maximum absolute atomic E-state index is 13.1. The van der Waals surface area contributed by atoms with E-state index in [0.717, 1.165) is 6.07 Å². The van der Waals surface area contributed by atoms with E-state index in [1.807, 2.05) is 0 Å². The fourth-order valence-corrected chi connectivity index (χ4v) is 2.38. The number of hydrogen-bond acceptors (Lipinski definition) is 5. The van der Waals surface area contributed by atoms with Crippen LogP contribution in [0, 0.1) is 6.85 Å². The lowest BCUT2D eigenvalue weighted by atomic mass is 9.92. The fourth-order valence-electron chi connectivity index (χ4n) is 2.38. The first-order chi connectivity index (χ1) is 12.4. The lowest BCUT2D eigenvalue weighted by Crippen LogP contribution is -2.36. The number of anilines is 1. The largest absolute Gasteiger partial charge is 0.398 e. The van der Waals surface area contributed by atoms with Crippen molar-refractivity contribution in [3.05, 3.63) is 34.3 Å². The van der Waals surface area contributed by atoms with E-state index in [1.54, 1.807) is 0 Å². The van der Waals surface area contributed by atoms with Crippen molar-refractivity contribution in [3.8, 4) is 0 Å². The number of hydrogen-bond donors (Lipinski definition) is 1. The van der Waals surface area contributed by atoms with Gasteiger partial charge in [-0.15, -0.1) is 0 Å². The zero-order chi connectivity index (χ0) is 20.3. The third-order valence-corrected chi connectivity index (χ3v) is 3.38. The van der Waals surface area contributed by atoms with Crippen molar-refractivity contribution in [1.29, 1.82) is 0 Å². The van der Waals surface area contributed by atoms with Crippen LogP contribution in [0.2, 0.25) is 0 Å². The molecule has 1 aliphatic rings. The second-order valence-electron chi connectivity index (χ2n) is 4.75. The SMILES string of the molecule is [2H]c1cc(N)c2c(=O)n(C3([2H])CCC(=O)CC3=O)c(C([2H])([2H])[2H])nc2c1[2H]. The van der Waals surface area contributed by atoms with Gasteiger partial charge in [0.15, 0.2) is 5.78 Å². The van der Waals surface area contributed by atoms with Crippen molar-refractivity contribution >= 4 is 28.2 Å². The molecule has 0 amide bonds. The van der Waals surface area contributed by atoms with Gasteiger partial charge < -0.3 is 5.73 Å². The Morgan fingerprint density at radius 2 is 2.33 bits per heavy atom. The van der Waals surface area contributed by atoms with Gasteiger partial charge in [-0.05, 0) is 25.4 Å². The molecular formula is C15H15N3O3. The number of nitrogens with zero attached hydrogens (tertiary/aromatic N) is 2. The molecule has 21 heavy (non-hydrogen) atoms. The molecule has 6 nitrogen and oxygen atoms in total. The van der Waals surface area contributed by atoms with Crippen LogP contribution in [-0.4, -0.2) is 21.1 Å². The predicted octanol–water partition coefficient (Wildman–Crippen LogP) is 1.15.